The SMILES string of the molecule is CC(C)=CC(=O)NC1CCC1C. The molecule has 0 aromatic heterocycles. The Labute approximate surface area is 74.0 Å². The summed E-state index contributed by atoms with van der Waals surface area (Å²) in [6, 6.07) is 0.424. The molecule has 0 aromatic rings. The van der Waals surface area contributed by atoms with Crippen LogP contribution in [-0.4, -0.2) is 11.9 Å². The standard InChI is InChI=1S/C10H17NO/c1-7(2)6-10(12)11-9-5-4-8(9)3/h6,8-9H,4-5H2,1-3H3,(H,11,12). The summed E-state index contributed by atoms with van der Waals surface area (Å²) in [4.78, 5) is 11.2. The van der Waals surface area contributed by atoms with Crippen molar-refractivity contribution in [2.24, 2.45) is 5.92 Å². The Bertz CT molecular complexity index is 204. The molecule has 0 bridgehead atoms. The van der Waals surface area contributed by atoms with Gasteiger partial charge in [-0.3, -0.25) is 4.79 Å². The van der Waals surface area contributed by atoms with Crippen LogP contribution in [0.4, 0.5) is 0 Å². The lowest BCUT2D eigenvalue weighted by Gasteiger charge is -2.34. The first kappa shape index (κ1) is 9.30. The summed E-state index contributed by atoms with van der Waals surface area (Å²) >= 11 is 0. The zero-order chi connectivity index (χ0) is 9.14. The quantitative estimate of drug-likeness (QED) is 0.625. The third-order valence-corrected chi connectivity index (χ3v) is 2.37. The fourth-order valence-electron chi connectivity index (χ4n) is 1.37. The molecule has 2 heteroatoms. The maximum Gasteiger partial charge on any atom is 0.244 e. The first-order valence-corrected chi connectivity index (χ1v) is 4.55. The second-order valence-corrected chi connectivity index (χ2v) is 3.89. The predicted octanol–water partition coefficient (Wildman–Crippen LogP) is 1.87. The zero-order valence-electron chi connectivity index (χ0n) is 8.05. The van der Waals surface area contributed by atoms with E-state index in [1.54, 1.807) is 6.08 Å². The van der Waals surface area contributed by atoms with E-state index in [4.69, 9.17) is 0 Å². The van der Waals surface area contributed by atoms with Crippen LogP contribution in [0.3, 0.4) is 0 Å². The molecule has 0 aliphatic heterocycles. The van der Waals surface area contributed by atoms with E-state index in [0.29, 0.717) is 12.0 Å². The van der Waals surface area contributed by atoms with Crippen molar-refractivity contribution in [3.63, 3.8) is 0 Å². The Morgan fingerprint density at radius 3 is 2.42 bits per heavy atom. The minimum Gasteiger partial charge on any atom is -0.350 e. The lowest BCUT2D eigenvalue weighted by molar-refractivity contribution is -0.118. The summed E-state index contributed by atoms with van der Waals surface area (Å²) < 4.78 is 0. The normalized spacial score (nSPS) is 27.2. The van der Waals surface area contributed by atoms with E-state index >= 15 is 0 Å². The number of hydrogen-bond donors (Lipinski definition) is 1. The number of nitrogens with one attached hydrogen (secondary N) is 1. The smallest absolute Gasteiger partial charge is 0.244 e. The molecule has 1 N–H and O–H groups in total. The predicted molar refractivity (Wildman–Crippen MR) is 49.8 cm³/mol. The van der Waals surface area contributed by atoms with Gasteiger partial charge in [-0.2, -0.15) is 0 Å². The number of amides is 1. The van der Waals surface area contributed by atoms with Crippen LogP contribution in [0.1, 0.15) is 33.6 Å². The Morgan fingerprint density at radius 1 is 1.42 bits per heavy atom. The van der Waals surface area contributed by atoms with Gasteiger partial charge in [0.1, 0.15) is 0 Å². The highest BCUT2D eigenvalue weighted by molar-refractivity contribution is 5.88. The average Bonchev–Trinajstić information content (AvgIpc) is 1.96. The van der Waals surface area contributed by atoms with E-state index in [1.807, 2.05) is 13.8 Å². The summed E-state index contributed by atoms with van der Waals surface area (Å²) in [6.45, 7) is 6.05. The Kier molecular flexibility index (Phi) is 2.90. The van der Waals surface area contributed by atoms with Crippen molar-refractivity contribution in [2.75, 3.05) is 0 Å². The second kappa shape index (κ2) is 3.74. The van der Waals surface area contributed by atoms with Crippen molar-refractivity contribution in [1.29, 1.82) is 0 Å². The topological polar surface area (TPSA) is 29.1 Å². The molecule has 12 heavy (non-hydrogen) atoms. The Hall–Kier alpha value is -0.790. The average molecular weight is 167 g/mol. The minimum atomic E-state index is 0.0616. The van der Waals surface area contributed by atoms with Gasteiger partial charge < -0.3 is 5.32 Å². The van der Waals surface area contributed by atoms with Crippen LogP contribution in [0.5, 0.6) is 0 Å². The fraction of sp³-hybridized carbons (Fsp3) is 0.700. The van der Waals surface area contributed by atoms with Crippen LogP contribution in [0.25, 0.3) is 0 Å². The number of hydrogen-bond acceptors (Lipinski definition) is 1. The van der Waals surface area contributed by atoms with Gasteiger partial charge in [-0.15, -0.1) is 0 Å². The van der Waals surface area contributed by atoms with Gasteiger partial charge in [-0.1, -0.05) is 12.5 Å². The lowest BCUT2D eigenvalue weighted by atomic mass is 9.81. The molecule has 1 saturated carbocycles. The third kappa shape index (κ3) is 2.36. The van der Waals surface area contributed by atoms with Crippen LogP contribution >= 0.6 is 0 Å². The molecule has 0 heterocycles. The van der Waals surface area contributed by atoms with E-state index in [9.17, 15) is 4.79 Å². The summed E-state index contributed by atoms with van der Waals surface area (Å²) in [5, 5.41) is 2.98. The van der Waals surface area contributed by atoms with Crippen molar-refractivity contribution >= 4 is 5.91 Å². The largest absolute Gasteiger partial charge is 0.350 e. The number of allylic oxidation sites excluding steroid dienone is 1. The lowest BCUT2D eigenvalue weighted by Crippen LogP contribution is -2.44. The first-order valence-electron chi connectivity index (χ1n) is 4.55. The fourth-order valence-corrected chi connectivity index (χ4v) is 1.37. The molecule has 68 valence electrons. The van der Waals surface area contributed by atoms with Gasteiger partial charge in [0.25, 0.3) is 0 Å². The van der Waals surface area contributed by atoms with Gasteiger partial charge >= 0.3 is 0 Å². The molecule has 1 amide bonds. The molecule has 1 aliphatic rings. The molecule has 0 aromatic carbocycles. The van der Waals surface area contributed by atoms with Gasteiger partial charge in [-0.25, -0.2) is 0 Å². The van der Waals surface area contributed by atoms with Crippen LogP contribution in [0.2, 0.25) is 0 Å². The van der Waals surface area contributed by atoms with E-state index in [0.717, 1.165) is 12.0 Å². The summed E-state index contributed by atoms with van der Waals surface area (Å²) in [5.74, 6) is 0.728. The minimum absolute atomic E-state index is 0.0616. The number of rotatable bonds is 2. The molecule has 2 nitrogen and oxygen atoms in total. The van der Waals surface area contributed by atoms with Crippen molar-refractivity contribution in [3.05, 3.63) is 11.6 Å². The molecule has 1 fully saturated rings. The first-order chi connectivity index (χ1) is 5.59. The molecule has 2 unspecified atom stereocenters. The molecule has 1 aliphatic carbocycles. The highest BCUT2D eigenvalue weighted by atomic mass is 16.1. The van der Waals surface area contributed by atoms with Gasteiger partial charge in [-0.05, 0) is 32.6 Å². The maximum atomic E-state index is 11.2. The zero-order valence-corrected chi connectivity index (χ0v) is 8.05. The molecule has 2 atom stereocenters. The third-order valence-electron chi connectivity index (χ3n) is 2.37. The molecule has 0 saturated heterocycles. The molecule has 0 spiro atoms. The Balaban J connectivity index is 2.31. The van der Waals surface area contributed by atoms with Crippen molar-refractivity contribution in [3.8, 4) is 0 Å². The highest BCUT2D eigenvalue weighted by Gasteiger charge is 2.27. The highest BCUT2D eigenvalue weighted by Crippen LogP contribution is 2.26. The summed E-state index contributed by atoms with van der Waals surface area (Å²) in [7, 11) is 0. The van der Waals surface area contributed by atoms with Gasteiger partial charge in [0.05, 0.1) is 0 Å². The molecular weight excluding hydrogens is 150 g/mol. The molecule has 0 radical (unpaired) electrons. The van der Waals surface area contributed by atoms with E-state index in [1.165, 1.54) is 6.42 Å². The van der Waals surface area contributed by atoms with Crippen molar-refractivity contribution < 1.29 is 4.79 Å². The van der Waals surface area contributed by atoms with Crippen LogP contribution < -0.4 is 5.32 Å². The second-order valence-electron chi connectivity index (χ2n) is 3.89. The summed E-state index contributed by atoms with van der Waals surface area (Å²) in [6.07, 6.45) is 4.05. The Morgan fingerprint density at radius 2 is 2.08 bits per heavy atom. The molecule has 1 rings (SSSR count). The monoisotopic (exact) mass is 167 g/mol. The van der Waals surface area contributed by atoms with Gasteiger partial charge in [0.15, 0.2) is 0 Å². The van der Waals surface area contributed by atoms with Crippen LogP contribution in [0, 0.1) is 5.92 Å². The van der Waals surface area contributed by atoms with Crippen molar-refractivity contribution in [2.45, 2.75) is 39.7 Å². The van der Waals surface area contributed by atoms with Crippen LogP contribution in [-0.2, 0) is 4.79 Å². The number of carbonyl (C=O) groups is 1. The van der Waals surface area contributed by atoms with Crippen molar-refractivity contribution in [1.82, 2.24) is 5.32 Å². The number of carbonyl (C=O) groups excluding carboxylic acids is 1. The van der Waals surface area contributed by atoms with Gasteiger partial charge in [0.2, 0.25) is 5.91 Å². The van der Waals surface area contributed by atoms with Gasteiger partial charge in [0, 0.05) is 12.1 Å². The maximum absolute atomic E-state index is 11.2. The summed E-state index contributed by atoms with van der Waals surface area (Å²) in [5.41, 5.74) is 1.06. The molecular formula is C10H17NO. The van der Waals surface area contributed by atoms with Crippen LogP contribution in [0.15, 0.2) is 11.6 Å². The van der Waals surface area contributed by atoms with E-state index < -0.39 is 0 Å². The van der Waals surface area contributed by atoms with E-state index in [-0.39, 0.29) is 5.91 Å². The van der Waals surface area contributed by atoms with E-state index in [2.05, 4.69) is 12.2 Å².